The second-order valence-electron chi connectivity index (χ2n) is 5.46. The predicted octanol–water partition coefficient (Wildman–Crippen LogP) is 1.23. The third-order valence-electron chi connectivity index (χ3n) is 3.44. The van der Waals surface area contributed by atoms with E-state index in [1.54, 1.807) is 0 Å². The molecular formula is C14H22N2O. The number of benzene rings is 1. The number of rotatable bonds is 2. The number of hydrogen-bond acceptors (Lipinski definition) is 3. The van der Waals surface area contributed by atoms with Crippen molar-refractivity contribution in [2.45, 2.75) is 32.0 Å². The molecule has 0 saturated carbocycles. The van der Waals surface area contributed by atoms with Crippen molar-refractivity contribution in [1.82, 2.24) is 10.2 Å². The molecule has 3 nitrogen and oxygen atoms in total. The third kappa shape index (κ3) is 3.28. The molecule has 1 aliphatic heterocycles. The lowest BCUT2D eigenvalue weighted by atomic mass is 10.0. The van der Waals surface area contributed by atoms with E-state index >= 15 is 0 Å². The minimum atomic E-state index is -0.277. The summed E-state index contributed by atoms with van der Waals surface area (Å²) in [5.74, 6) is 0. The first kappa shape index (κ1) is 12.6. The van der Waals surface area contributed by atoms with Gasteiger partial charge in [-0.2, -0.15) is 0 Å². The van der Waals surface area contributed by atoms with Crippen molar-refractivity contribution in [1.29, 1.82) is 0 Å². The fraction of sp³-hybridized carbons (Fsp3) is 0.571. The van der Waals surface area contributed by atoms with Crippen LogP contribution in [0, 0.1) is 0 Å². The number of hydrogen-bond donors (Lipinski definition) is 2. The van der Waals surface area contributed by atoms with Crippen LogP contribution in [0.25, 0.3) is 0 Å². The zero-order chi connectivity index (χ0) is 12.3. The lowest BCUT2D eigenvalue weighted by Gasteiger charge is -2.37. The maximum absolute atomic E-state index is 9.87. The molecule has 1 unspecified atom stereocenters. The van der Waals surface area contributed by atoms with E-state index in [1.165, 1.54) is 5.56 Å². The zero-order valence-corrected chi connectivity index (χ0v) is 10.7. The van der Waals surface area contributed by atoms with Crippen LogP contribution in [0.4, 0.5) is 0 Å². The van der Waals surface area contributed by atoms with E-state index in [2.05, 4.69) is 48.3 Å². The van der Waals surface area contributed by atoms with Crippen LogP contribution in [-0.4, -0.2) is 41.3 Å². The molecule has 1 fully saturated rings. The van der Waals surface area contributed by atoms with Gasteiger partial charge in [0.1, 0.15) is 0 Å². The van der Waals surface area contributed by atoms with Gasteiger partial charge in [0.25, 0.3) is 0 Å². The molecule has 1 aromatic rings. The molecule has 0 amide bonds. The second-order valence-corrected chi connectivity index (χ2v) is 5.46. The molecule has 94 valence electrons. The molecule has 1 atom stereocenters. The first-order valence-electron chi connectivity index (χ1n) is 6.26. The monoisotopic (exact) mass is 234 g/mol. The molecule has 3 heteroatoms. The Morgan fingerprint density at radius 2 is 2.06 bits per heavy atom. The average molecular weight is 234 g/mol. The smallest absolute Gasteiger partial charge is 0.0791 e. The van der Waals surface area contributed by atoms with E-state index in [-0.39, 0.29) is 11.6 Å². The Morgan fingerprint density at radius 1 is 1.35 bits per heavy atom. The van der Waals surface area contributed by atoms with Gasteiger partial charge in [-0.25, -0.2) is 0 Å². The lowest BCUT2D eigenvalue weighted by molar-refractivity contribution is 0.0706. The van der Waals surface area contributed by atoms with Gasteiger partial charge in [0.05, 0.1) is 6.10 Å². The van der Waals surface area contributed by atoms with Crippen LogP contribution in [-0.2, 0) is 6.54 Å². The van der Waals surface area contributed by atoms with Gasteiger partial charge in [0.15, 0.2) is 0 Å². The van der Waals surface area contributed by atoms with Gasteiger partial charge in [-0.1, -0.05) is 30.3 Å². The van der Waals surface area contributed by atoms with Gasteiger partial charge < -0.3 is 10.4 Å². The molecule has 1 heterocycles. The maximum Gasteiger partial charge on any atom is 0.0791 e. The summed E-state index contributed by atoms with van der Waals surface area (Å²) in [5, 5.41) is 13.2. The summed E-state index contributed by atoms with van der Waals surface area (Å²) in [5.41, 5.74) is 1.38. The summed E-state index contributed by atoms with van der Waals surface area (Å²) in [6.07, 6.45) is -0.277. The molecule has 17 heavy (non-hydrogen) atoms. The zero-order valence-electron chi connectivity index (χ0n) is 10.7. The Kier molecular flexibility index (Phi) is 3.82. The Bertz CT molecular complexity index is 350. The van der Waals surface area contributed by atoms with Crippen LogP contribution in [0.3, 0.4) is 0 Å². The molecule has 0 spiro atoms. The van der Waals surface area contributed by atoms with Crippen molar-refractivity contribution in [3.05, 3.63) is 35.9 Å². The quantitative estimate of drug-likeness (QED) is 0.808. The molecule has 0 aromatic heterocycles. The molecule has 0 radical (unpaired) electrons. The van der Waals surface area contributed by atoms with E-state index in [1.807, 2.05) is 6.07 Å². The Balaban J connectivity index is 2.11. The summed E-state index contributed by atoms with van der Waals surface area (Å²) in [7, 11) is 0. The highest BCUT2D eigenvalue weighted by atomic mass is 16.3. The minimum Gasteiger partial charge on any atom is -0.390 e. The summed E-state index contributed by atoms with van der Waals surface area (Å²) in [4.78, 5) is 2.35. The van der Waals surface area contributed by atoms with Crippen molar-refractivity contribution >= 4 is 0 Å². The van der Waals surface area contributed by atoms with E-state index in [4.69, 9.17) is 0 Å². The van der Waals surface area contributed by atoms with Crippen LogP contribution in [0.5, 0.6) is 0 Å². The number of aliphatic hydroxyl groups excluding tert-OH is 1. The molecule has 1 aliphatic rings. The topological polar surface area (TPSA) is 35.5 Å². The van der Waals surface area contributed by atoms with Gasteiger partial charge in [-0.05, 0) is 19.4 Å². The highest BCUT2D eigenvalue weighted by Crippen LogP contribution is 2.19. The van der Waals surface area contributed by atoms with E-state index < -0.39 is 0 Å². The van der Waals surface area contributed by atoms with Crippen LogP contribution >= 0.6 is 0 Å². The van der Waals surface area contributed by atoms with Crippen LogP contribution in [0.1, 0.15) is 19.4 Å². The molecule has 1 saturated heterocycles. The highest BCUT2D eigenvalue weighted by Gasteiger charge is 2.30. The SMILES string of the molecule is CC1(C)CNCC(O)CN1Cc1ccccc1. The fourth-order valence-corrected chi connectivity index (χ4v) is 2.30. The summed E-state index contributed by atoms with van der Waals surface area (Å²) < 4.78 is 0. The largest absolute Gasteiger partial charge is 0.390 e. The lowest BCUT2D eigenvalue weighted by Crippen LogP contribution is -2.48. The standard InChI is InChI=1S/C14H22N2O/c1-14(2)11-15-8-13(17)10-16(14)9-12-6-4-3-5-7-12/h3-7,13,15,17H,8-11H2,1-2H3. The Labute approximate surface area is 103 Å². The average Bonchev–Trinajstić information content (AvgIpc) is 2.40. The number of β-amino-alcohol motifs (C(OH)–C–C–N with tert-alkyl or cyclic N) is 1. The van der Waals surface area contributed by atoms with Crippen LogP contribution < -0.4 is 5.32 Å². The molecule has 1 aromatic carbocycles. The van der Waals surface area contributed by atoms with E-state index in [0.717, 1.165) is 19.6 Å². The van der Waals surface area contributed by atoms with Gasteiger partial charge in [-0.15, -0.1) is 0 Å². The number of nitrogens with one attached hydrogen (secondary N) is 1. The van der Waals surface area contributed by atoms with Gasteiger partial charge in [0, 0.05) is 31.7 Å². The fourth-order valence-electron chi connectivity index (χ4n) is 2.30. The van der Waals surface area contributed by atoms with E-state index in [0.29, 0.717) is 6.54 Å². The first-order chi connectivity index (χ1) is 8.08. The summed E-state index contributed by atoms with van der Waals surface area (Å²) in [6, 6.07) is 10.4. The van der Waals surface area contributed by atoms with Gasteiger partial charge >= 0.3 is 0 Å². The Hall–Kier alpha value is -0.900. The van der Waals surface area contributed by atoms with Crippen molar-refractivity contribution < 1.29 is 5.11 Å². The predicted molar refractivity (Wildman–Crippen MR) is 69.8 cm³/mol. The molecule has 2 rings (SSSR count). The Morgan fingerprint density at radius 3 is 2.76 bits per heavy atom. The second kappa shape index (κ2) is 5.17. The highest BCUT2D eigenvalue weighted by molar-refractivity contribution is 5.15. The molecular weight excluding hydrogens is 212 g/mol. The van der Waals surface area contributed by atoms with Gasteiger partial charge in [-0.3, -0.25) is 4.90 Å². The van der Waals surface area contributed by atoms with E-state index in [9.17, 15) is 5.11 Å². The molecule has 0 aliphatic carbocycles. The first-order valence-corrected chi connectivity index (χ1v) is 6.26. The molecule has 2 N–H and O–H groups in total. The normalized spacial score (nSPS) is 25.5. The number of aliphatic hydroxyl groups is 1. The number of nitrogens with zero attached hydrogens (tertiary/aromatic N) is 1. The molecule has 0 bridgehead atoms. The van der Waals surface area contributed by atoms with Crippen molar-refractivity contribution in [2.24, 2.45) is 0 Å². The van der Waals surface area contributed by atoms with Crippen molar-refractivity contribution in [2.75, 3.05) is 19.6 Å². The maximum atomic E-state index is 9.87. The third-order valence-corrected chi connectivity index (χ3v) is 3.44. The summed E-state index contributed by atoms with van der Waals surface area (Å²) >= 11 is 0. The summed E-state index contributed by atoms with van der Waals surface area (Å²) in [6.45, 7) is 7.68. The van der Waals surface area contributed by atoms with Gasteiger partial charge in [0.2, 0.25) is 0 Å². The minimum absolute atomic E-state index is 0.0767. The van der Waals surface area contributed by atoms with Crippen LogP contribution in [0.2, 0.25) is 0 Å². The van der Waals surface area contributed by atoms with Crippen molar-refractivity contribution in [3.8, 4) is 0 Å². The van der Waals surface area contributed by atoms with Crippen LogP contribution in [0.15, 0.2) is 30.3 Å². The van der Waals surface area contributed by atoms with Crippen molar-refractivity contribution in [3.63, 3.8) is 0 Å².